The quantitative estimate of drug-likeness (QED) is 0.746. The van der Waals surface area contributed by atoms with E-state index in [0.29, 0.717) is 28.4 Å². The molecule has 3 rings (SSSR count). The predicted octanol–water partition coefficient (Wildman–Crippen LogP) is 3.81. The van der Waals surface area contributed by atoms with Crippen LogP contribution in [0.5, 0.6) is 11.5 Å². The highest BCUT2D eigenvalue weighted by Crippen LogP contribution is 2.41. The third kappa shape index (κ3) is 3.18. The standard InChI is InChI=1S/C17H24BrNO4S/c1-22-15-10-13(18)17(11-16(15)23-2)24(20,21)19-9-5-7-12-6-3-4-8-14(12)19/h10-12,14H,3-9H2,1-2H3. The molecule has 0 aromatic heterocycles. The van der Waals surface area contributed by atoms with E-state index in [4.69, 9.17) is 9.47 Å². The highest BCUT2D eigenvalue weighted by Gasteiger charge is 2.40. The fourth-order valence-electron chi connectivity index (χ4n) is 4.04. The maximum absolute atomic E-state index is 13.3. The fourth-order valence-corrected chi connectivity index (χ4v) is 6.79. The van der Waals surface area contributed by atoms with E-state index >= 15 is 0 Å². The van der Waals surface area contributed by atoms with Crippen LogP contribution in [0.15, 0.2) is 21.5 Å². The molecule has 0 radical (unpaired) electrons. The highest BCUT2D eigenvalue weighted by atomic mass is 79.9. The Balaban J connectivity index is 2.00. The second-order valence-electron chi connectivity index (χ2n) is 6.51. The number of halogens is 1. The lowest BCUT2D eigenvalue weighted by atomic mass is 9.79. The van der Waals surface area contributed by atoms with E-state index in [9.17, 15) is 8.42 Å². The molecule has 1 aromatic rings. The molecule has 1 aliphatic carbocycles. The Bertz CT molecular complexity index is 705. The molecule has 2 unspecified atom stereocenters. The predicted molar refractivity (Wildman–Crippen MR) is 96.1 cm³/mol. The van der Waals surface area contributed by atoms with Gasteiger partial charge in [-0.05, 0) is 53.6 Å². The number of benzene rings is 1. The first kappa shape index (κ1) is 18.0. The number of methoxy groups -OCH3 is 2. The molecule has 0 bridgehead atoms. The summed E-state index contributed by atoms with van der Waals surface area (Å²) in [5, 5.41) is 0. The smallest absolute Gasteiger partial charge is 0.244 e. The summed E-state index contributed by atoms with van der Waals surface area (Å²) in [6, 6.07) is 3.36. The summed E-state index contributed by atoms with van der Waals surface area (Å²) in [6.07, 6.45) is 6.52. The number of ether oxygens (including phenoxy) is 2. The van der Waals surface area contributed by atoms with Crippen LogP contribution in [0, 0.1) is 5.92 Å². The van der Waals surface area contributed by atoms with Gasteiger partial charge in [0.2, 0.25) is 10.0 Å². The summed E-state index contributed by atoms with van der Waals surface area (Å²) in [6.45, 7) is 0.601. The van der Waals surface area contributed by atoms with Gasteiger partial charge in [0.05, 0.1) is 14.2 Å². The van der Waals surface area contributed by atoms with Gasteiger partial charge in [0.15, 0.2) is 11.5 Å². The van der Waals surface area contributed by atoms with Crippen molar-refractivity contribution in [1.82, 2.24) is 4.31 Å². The number of hydrogen-bond acceptors (Lipinski definition) is 4. The van der Waals surface area contributed by atoms with Crippen molar-refractivity contribution in [3.63, 3.8) is 0 Å². The van der Waals surface area contributed by atoms with Crippen LogP contribution in [-0.2, 0) is 10.0 Å². The Morgan fingerprint density at radius 2 is 1.67 bits per heavy atom. The van der Waals surface area contributed by atoms with Gasteiger partial charge < -0.3 is 9.47 Å². The highest BCUT2D eigenvalue weighted by molar-refractivity contribution is 9.10. The van der Waals surface area contributed by atoms with Gasteiger partial charge in [-0.3, -0.25) is 0 Å². The second-order valence-corrected chi connectivity index (χ2v) is 9.22. The lowest BCUT2D eigenvalue weighted by Gasteiger charge is -2.43. The lowest BCUT2D eigenvalue weighted by Crippen LogP contribution is -2.49. The van der Waals surface area contributed by atoms with Crippen LogP contribution in [0.4, 0.5) is 0 Å². The Labute approximate surface area is 152 Å². The number of sulfonamides is 1. The van der Waals surface area contributed by atoms with Crippen LogP contribution in [0.2, 0.25) is 0 Å². The van der Waals surface area contributed by atoms with Crippen molar-refractivity contribution in [2.24, 2.45) is 5.92 Å². The Hall–Kier alpha value is -0.790. The lowest BCUT2D eigenvalue weighted by molar-refractivity contribution is 0.129. The molecule has 2 aliphatic rings. The zero-order chi connectivity index (χ0) is 17.3. The van der Waals surface area contributed by atoms with Crippen molar-refractivity contribution in [3.05, 3.63) is 16.6 Å². The van der Waals surface area contributed by atoms with E-state index < -0.39 is 10.0 Å². The normalized spacial score (nSPS) is 25.1. The number of rotatable bonds is 4. The first-order valence-electron chi connectivity index (χ1n) is 8.42. The van der Waals surface area contributed by atoms with E-state index in [-0.39, 0.29) is 10.9 Å². The van der Waals surface area contributed by atoms with Gasteiger partial charge >= 0.3 is 0 Å². The second kappa shape index (κ2) is 7.22. The van der Waals surface area contributed by atoms with Crippen LogP contribution >= 0.6 is 15.9 Å². The number of hydrogen-bond donors (Lipinski definition) is 0. The van der Waals surface area contributed by atoms with Gasteiger partial charge in [0.25, 0.3) is 0 Å². The Morgan fingerprint density at radius 1 is 1.04 bits per heavy atom. The van der Waals surface area contributed by atoms with Crippen molar-refractivity contribution in [1.29, 1.82) is 0 Å². The SMILES string of the molecule is COc1cc(Br)c(S(=O)(=O)N2CCCC3CCCCC32)cc1OC. The average Bonchev–Trinajstić information content (AvgIpc) is 2.60. The maximum Gasteiger partial charge on any atom is 0.244 e. The van der Waals surface area contributed by atoms with E-state index in [1.54, 1.807) is 16.4 Å². The van der Waals surface area contributed by atoms with E-state index in [1.807, 2.05) is 0 Å². The first-order chi connectivity index (χ1) is 11.5. The molecule has 0 N–H and O–H groups in total. The molecule has 5 nitrogen and oxygen atoms in total. The zero-order valence-corrected chi connectivity index (χ0v) is 16.5. The summed E-state index contributed by atoms with van der Waals surface area (Å²) in [7, 11) is -0.518. The molecule has 2 fully saturated rings. The third-order valence-electron chi connectivity index (χ3n) is 5.22. The molecule has 1 aliphatic heterocycles. The summed E-state index contributed by atoms with van der Waals surface area (Å²) in [5.74, 6) is 1.44. The van der Waals surface area contributed by atoms with Crippen molar-refractivity contribution in [2.45, 2.75) is 49.5 Å². The van der Waals surface area contributed by atoms with Crippen LogP contribution in [0.25, 0.3) is 0 Å². The Kier molecular flexibility index (Phi) is 5.42. The molecular weight excluding hydrogens is 394 g/mol. The molecule has 7 heteroatoms. The van der Waals surface area contributed by atoms with E-state index in [2.05, 4.69) is 15.9 Å². The topological polar surface area (TPSA) is 55.8 Å². The van der Waals surface area contributed by atoms with Crippen LogP contribution in [0.3, 0.4) is 0 Å². The van der Waals surface area contributed by atoms with Crippen molar-refractivity contribution in [3.8, 4) is 11.5 Å². The summed E-state index contributed by atoms with van der Waals surface area (Å²) >= 11 is 3.40. The molecule has 0 amide bonds. The number of piperidine rings is 1. The largest absolute Gasteiger partial charge is 0.493 e. The van der Waals surface area contributed by atoms with E-state index in [0.717, 1.165) is 32.1 Å². The summed E-state index contributed by atoms with van der Waals surface area (Å²) in [5.41, 5.74) is 0. The third-order valence-corrected chi connectivity index (χ3v) is 8.10. The van der Waals surface area contributed by atoms with Gasteiger partial charge in [0, 0.05) is 23.1 Å². The monoisotopic (exact) mass is 417 g/mol. The molecule has 1 heterocycles. The van der Waals surface area contributed by atoms with Gasteiger partial charge in [0.1, 0.15) is 4.90 Å². The molecule has 1 saturated carbocycles. The van der Waals surface area contributed by atoms with Crippen LogP contribution < -0.4 is 9.47 Å². The first-order valence-corrected chi connectivity index (χ1v) is 10.7. The van der Waals surface area contributed by atoms with E-state index in [1.165, 1.54) is 20.6 Å². The minimum Gasteiger partial charge on any atom is -0.493 e. The maximum atomic E-state index is 13.3. The van der Waals surface area contributed by atoms with Gasteiger partial charge in [-0.1, -0.05) is 12.8 Å². The molecule has 24 heavy (non-hydrogen) atoms. The van der Waals surface area contributed by atoms with Crippen LogP contribution in [-0.4, -0.2) is 39.5 Å². The fraction of sp³-hybridized carbons (Fsp3) is 0.647. The van der Waals surface area contributed by atoms with Gasteiger partial charge in [-0.25, -0.2) is 8.42 Å². The Morgan fingerprint density at radius 3 is 2.38 bits per heavy atom. The van der Waals surface area contributed by atoms with Gasteiger partial charge in [-0.2, -0.15) is 4.31 Å². The minimum absolute atomic E-state index is 0.137. The number of fused-ring (bicyclic) bond motifs is 1. The van der Waals surface area contributed by atoms with Crippen molar-refractivity contribution >= 4 is 26.0 Å². The summed E-state index contributed by atoms with van der Waals surface area (Å²) < 4.78 is 39.4. The minimum atomic E-state index is -3.57. The molecule has 1 aromatic carbocycles. The molecule has 2 atom stereocenters. The van der Waals surface area contributed by atoms with Crippen molar-refractivity contribution in [2.75, 3.05) is 20.8 Å². The molecule has 134 valence electrons. The summed E-state index contributed by atoms with van der Waals surface area (Å²) in [4.78, 5) is 0.256. The van der Waals surface area contributed by atoms with Gasteiger partial charge in [-0.15, -0.1) is 0 Å². The zero-order valence-electron chi connectivity index (χ0n) is 14.1. The average molecular weight is 418 g/mol. The van der Waals surface area contributed by atoms with Crippen LogP contribution in [0.1, 0.15) is 38.5 Å². The van der Waals surface area contributed by atoms with Crippen molar-refractivity contribution < 1.29 is 17.9 Å². The molecular formula is C17H24BrNO4S. The molecule has 1 saturated heterocycles. The molecule has 0 spiro atoms. The number of nitrogens with zero attached hydrogens (tertiary/aromatic N) is 1.